The number of H-pyrrole nitrogens is 1. The van der Waals surface area contributed by atoms with Gasteiger partial charge in [-0.1, -0.05) is 23.2 Å². The minimum atomic E-state index is 0.0374. The van der Waals surface area contributed by atoms with E-state index in [1.807, 2.05) is 11.9 Å². The fourth-order valence-corrected chi connectivity index (χ4v) is 4.18. The van der Waals surface area contributed by atoms with Gasteiger partial charge in [0.05, 0.1) is 18.1 Å². The zero-order chi connectivity index (χ0) is 20.4. The Morgan fingerprint density at radius 3 is 2.90 bits per heavy atom. The van der Waals surface area contributed by atoms with Crippen molar-refractivity contribution in [1.29, 1.82) is 0 Å². The lowest BCUT2D eigenvalue weighted by Gasteiger charge is -2.38. The van der Waals surface area contributed by atoms with Crippen LogP contribution < -0.4 is 10.2 Å². The Hall–Kier alpha value is -2.58. The number of fused-ring (bicyclic) bond motifs is 1. The van der Waals surface area contributed by atoms with Crippen LogP contribution in [0.2, 0.25) is 10.0 Å². The van der Waals surface area contributed by atoms with Crippen LogP contribution >= 0.6 is 23.2 Å². The molecule has 0 spiro atoms. The van der Waals surface area contributed by atoms with E-state index in [2.05, 4.69) is 30.4 Å². The maximum atomic E-state index is 12.8. The highest BCUT2D eigenvalue weighted by Gasteiger charge is 2.27. The first-order valence-corrected chi connectivity index (χ1v) is 10.1. The third-order valence-corrected chi connectivity index (χ3v) is 5.60. The molecule has 2 aromatic heterocycles. The van der Waals surface area contributed by atoms with E-state index in [0.717, 1.165) is 36.3 Å². The summed E-state index contributed by atoms with van der Waals surface area (Å²) in [6, 6.07) is 5.32. The molecule has 3 aromatic rings. The van der Waals surface area contributed by atoms with E-state index in [1.165, 1.54) is 6.33 Å². The molecule has 4 rings (SSSR count). The number of amides is 1. The summed E-state index contributed by atoms with van der Waals surface area (Å²) >= 11 is 12.0. The van der Waals surface area contributed by atoms with Crippen LogP contribution in [0.4, 0.5) is 11.5 Å². The van der Waals surface area contributed by atoms with E-state index < -0.39 is 0 Å². The minimum Gasteiger partial charge on any atom is -0.376 e. The van der Waals surface area contributed by atoms with Crippen molar-refractivity contribution in [2.45, 2.75) is 18.9 Å². The molecule has 1 aliphatic heterocycles. The Morgan fingerprint density at radius 1 is 1.31 bits per heavy atom. The largest absolute Gasteiger partial charge is 0.376 e. The van der Waals surface area contributed by atoms with Crippen molar-refractivity contribution in [2.24, 2.45) is 0 Å². The van der Waals surface area contributed by atoms with Gasteiger partial charge in [-0.25, -0.2) is 9.97 Å². The van der Waals surface area contributed by atoms with Crippen LogP contribution in [0.25, 0.3) is 11.0 Å². The third kappa shape index (κ3) is 4.38. The van der Waals surface area contributed by atoms with E-state index in [9.17, 15) is 4.79 Å². The molecule has 1 fully saturated rings. The van der Waals surface area contributed by atoms with Crippen molar-refractivity contribution in [1.82, 2.24) is 25.1 Å². The number of anilines is 2. The van der Waals surface area contributed by atoms with Gasteiger partial charge in [0, 0.05) is 41.9 Å². The number of carbonyl (C=O) groups excluding carboxylic acids is 1. The molecule has 152 valence electrons. The van der Waals surface area contributed by atoms with Crippen LogP contribution in [0, 0.1) is 0 Å². The molecule has 0 aliphatic carbocycles. The topological polar surface area (TPSA) is 90.0 Å². The Bertz CT molecular complexity index is 1000. The van der Waals surface area contributed by atoms with Crippen LogP contribution in [-0.4, -0.2) is 63.7 Å². The summed E-state index contributed by atoms with van der Waals surface area (Å²) in [5.74, 6) is 0.852. The van der Waals surface area contributed by atoms with Gasteiger partial charge in [0.25, 0.3) is 0 Å². The van der Waals surface area contributed by atoms with Gasteiger partial charge < -0.3 is 15.1 Å². The van der Waals surface area contributed by atoms with Crippen molar-refractivity contribution in [3.05, 3.63) is 40.8 Å². The number of piperidine rings is 1. The summed E-state index contributed by atoms with van der Waals surface area (Å²) in [6.45, 7) is 1.56. The fourth-order valence-electron chi connectivity index (χ4n) is 3.65. The smallest absolute Gasteiger partial charge is 0.241 e. The third-order valence-electron chi connectivity index (χ3n) is 5.16. The maximum Gasteiger partial charge on any atom is 0.241 e. The number of likely N-dealkylation sites (N-methyl/N-ethyl adjacent to an activating group) is 1. The number of benzene rings is 1. The second kappa shape index (κ2) is 8.42. The predicted octanol–water partition coefficient (Wildman–Crippen LogP) is 3.20. The average molecular weight is 434 g/mol. The predicted molar refractivity (Wildman–Crippen MR) is 115 cm³/mol. The summed E-state index contributed by atoms with van der Waals surface area (Å²) in [5.41, 5.74) is 1.43. The van der Waals surface area contributed by atoms with Crippen LogP contribution in [0.3, 0.4) is 0 Å². The molecule has 1 aromatic carbocycles. The van der Waals surface area contributed by atoms with E-state index in [4.69, 9.17) is 23.2 Å². The molecule has 10 heteroatoms. The number of aromatic nitrogens is 4. The van der Waals surface area contributed by atoms with Gasteiger partial charge in [-0.3, -0.25) is 9.89 Å². The zero-order valence-electron chi connectivity index (χ0n) is 15.9. The van der Waals surface area contributed by atoms with Crippen LogP contribution in [0.15, 0.2) is 30.7 Å². The number of nitrogens with zero attached hydrogens (tertiary/aromatic N) is 5. The van der Waals surface area contributed by atoms with E-state index in [0.29, 0.717) is 22.2 Å². The van der Waals surface area contributed by atoms with Gasteiger partial charge in [0.15, 0.2) is 5.65 Å². The van der Waals surface area contributed by atoms with Crippen molar-refractivity contribution in [3.63, 3.8) is 0 Å². The summed E-state index contributed by atoms with van der Waals surface area (Å²) in [7, 11) is 2.00. The quantitative estimate of drug-likeness (QED) is 0.641. The lowest BCUT2D eigenvalue weighted by Crippen LogP contribution is -2.50. The first-order valence-electron chi connectivity index (χ1n) is 9.36. The molecule has 0 radical (unpaired) electrons. The van der Waals surface area contributed by atoms with Gasteiger partial charge in [0.2, 0.25) is 5.91 Å². The summed E-state index contributed by atoms with van der Waals surface area (Å²) in [5, 5.41) is 12.0. The highest BCUT2D eigenvalue weighted by Crippen LogP contribution is 2.26. The molecule has 1 atom stereocenters. The summed E-state index contributed by atoms with van der Waals surface area (Å²) in [4.78, 5) is 25.4. The van der Waals surface area contributed by atoms with Crippen molar-refractivity contribution in [3.8, 4) is 0 Å². The van der Waals surface area contributed by atoms with E-state index in [-0.39, 0.29) is 18.5 Å². The SMILES string of the molecule is CN(c1ncnc2[nH]ncc12)[C@H]1CCCN(C(=O)CNc2cc(Cl)cc(Cl)c2)C1. The lowest BCUT2D eigenvalue weighted by molar-refractivity contribution is -0.130. The number of likely N-dealkylation sites (tertiary alicyclic amines) is 1. The molecular formula is C19H21Cl2N7O. The Kier molecular flexibility index (Phi) is 5.73. The zero-order valence-corrected chi connectivity index (χ0v) is 17.4. The van der Waals surface area contributed by atoms with Gasteiger partial charge in [-0.15, -0.1) is 0 Å². The number of aromatic amines is 1. The number of nitrogens with one attached hydrogen (secondary N) is 2. The molecular weight excluding hydrogens is 413 g/mol. The van der Waals surface area contributed by atoms with E-state index >= 15 is 0 Å². The second-order valence-electron chi connectivity index (χ2n) is 7.09. The molecule has 8 nitrogen and oxygen atoms in total. The Balaban J connectivity index is 1.41. The molecule has 0 unspecified atom stereocenters. The number of hydrogen-bond donors (Lipinski definition) is 2. The first-order chi connectivity index (χ1) is 14.0. The number of rotatable bonds is 5. The first kappa shape index (κ1) is 19.7. The molecule has 0 bridgehead atoms. The lowest BCUT2D eigenvalue weighted by atomic mass is 10.0. The molecule has 0 saturated carbocycles. The molecule has 1 saturated heterocycles. The van der Waals surface area contributed by atoms with Crippen molar-refractivity contribution >= 4 is 51.6 Å². The molecule has 2 N–H and O–H groups in total. The highest BCUT2D eigenvalue weighted by atomic mass is 35.5. The van der Waals surface area contributed by atoms with Crippen LogP contribution in [-0.2, 0) is 4.79 Å². The highest BCUT2D eigenvalue weighted by molar-refractivity contribution is 6.35. The van der Waals surface area contributed by atoms with Gasteiger partial charge in [-0.2, -0.15) is 5.10 Å². The maximum absolute atomic E-state index is 12.8. The molecule has 3 heterocycles. The van der Waals surface area contributed by atoms with E-state index in [1.54, 1.807) is 24.4 Å². The van der Waals surface area contributed by atoms with Crippen LogP contribution in [0.5, 0.6) is 0 Å². The molecule has 1 aliphatic rings. The van der Waals surface area contributed by atoms with Crippen molar-refractivity contribution in [2.75, 3.05) is 36.9 Å². The number of hydrogen-bond acceptors (Lipinski definition) is 6. The minimum absolute atomic E-state index is 0.0374. The van der Waals surface area contributed by atoms with Crippen molar-refractivity contribution < 1.29 is 4.79 Å². The molecule has 29 heavy (non-hydrogen) atoms. The monoisotopic (exact) mass is 433 g/mol. The molecule has 1 amide bonds. The average Bonchev–Trinajstić information content (AvgIpc) is 3.20. The van der Waals surface area contributed by atoms with Gasteiger partial charge in [-0.05, 0) is 31.0 Å². The second-order valence-corrected chi connectivity index (χ2v) is 7.96. The summed E-state index contributed by atoms with van der Waals surface area (Å²) in [6.07, 6.45) is 5.18. The standard InChI is InChI=1S/C19H21Cl2N7O/c1-27(19-16-8-25-26-18(16)23-11-24-19)15-3-2-4-28(10-15)17(29)9-22-14-6-12(20)5-13(21)7-14/h5-8,11,15,22H,2-4,9-10H2,1H3,(H,23,24,25,26)/t15-/m0/s1. The normalized spacial score (nSPS) is 16.8. The number of halogens is 2. The van der Waals surface area contributed by atoms with Gasteiger partial charge >= 0.3 is 0 Å². The van der Waals surface area contributed by atoms with Crippen LogP contribution in [0.1, 0.15) is 12.8 Å². The summed E-state index contributed by atoms with van der Waals surface area (Å²) < 4.78 is 0. The van der Waals surface area contributed by atoms with Gasteiger partial charge in [0.1, 0.15) is 12.1 Å². The Labute approximate surface area is 178 Å². The Morgan fingerprint density at radius 2 is 2.10 bits per heavy atom. The number of carbonyl (C=O) groups is 1. The fraction of sp³-hybridized carbons (Fsp3) is 0.368.